The van der Waals surface area contributed by atoms with Crippen molar-refractivity contribution < 1.29 is 19.1 Å². The highest BCUT2D eigenvalue weighted by atomic mass is 32.2. The van der Waals surface area contributed by atoms with E-state index in [-0.39, 0.29) is 24.1 Å². The van der Waals surface area contributed by atoms with Crippen LogP contribution in [0.5, 0.6) is 0 Å². The largest absolute Gasteiger partial charge is 0.475 e. The molecule has 0 aromatic carbocycles. The normalized spacial score (nSPS) is 16.4. The molecule has 5 nitrogen and oxygen atoms in total. The van der Waals surface area contributed by atoms with Gasteiger partial charge in [-0.1, -0.05) is 0 Å². The number of rotatable bonds is 4. The molecule has 0 aliphatic carbocycles. The van der Waals surface area contributed by atoms with Gasteiger partial charge < -0.3 is 14.8 Å². The van der Waals surface area contributed by atoms with Crippen molar-refractivity contribution in [2.24, 2.45) is 5.92 Å². The summed E-state index contributed by atoms with van der Waals surface area (Å²) >= 11 is 1.87. The first kappa shape index (κ1) is 13.0. The lowest BCUT2D eigenvalue weighted by molar-refractivity contribution is -0.125. The van der Waals surface area contributed by atoms with Gasteiger partial charge in [-0.25, -0.2) is 4.79 Å². The number of hydrogen-bond acceptors (Lipinski definition) is 4. The summed E-state index contributed by atoms with van der Waals surface area (Å²) in [6.07, 6.45) is 1.82. The highest BCUT2D eigenvalue weighted by Crippen LogP contribution is 2.22. The topological polar surface area (TPSA) is 79.5 Å². The molecule has 6 heteroatoms. The molecule has 2 rings (SSSR count). The highest BCUT2D eigenvalue weighted by molar-refractivity contribution is 7.99. The summed E-state index contributed by atoms with van der Waals surface area (Å²) in [5.74, 6) is 1.43. The SMILES string of the molecule is O=C(O)c1ccc(CNC(=O)C2CCSCC2)o1. The van der Waals surface area contributed by atoms with Crippen LogP contribution < -0.4 is 5.32 Å². The maximum atomic E-state index is 11.8. The van der Waals surface area contributed by atoms with E-state index in [2.05, 4.69) is 5.32 Å². The van der Waals surface area contributed by atoms with E-state index in [1.807, 2.05) is 11.8 Å². The highest BCUT2D eigenvalue weighted by Gasteiger charge is 2.21. The lowest BCUT2D eigenvalue weighted by Gasteiger charge is -2.20. The van der Waals surface area contributed by atoms with Gasteiger partial charge in [-0.05, 0) is 36.5 Å². The van der Waals surface area contributed by atoms with Crippen molar-refractivity contribution in [3.05, 3.63) is 23.7 Å². The molecular formula is C12H15NO4S. The maximum Gasteiger partial charge on any atom is 0.371 e. The van der Waals surface area contributed by atoms with Gasteiger partial charge in [-0.3, -0.25) is 4.79 Å². The number of carbonyl (C=O) groups is 2. The molecule has 0 radical (unpaired) electrons. The Morgan fingerprint density at radius 1 is 1.39 bits per heavy atom. The lowest BCUT2D eigenvalue weighted by Crippen LogP contribution is -2.32. The molecule has 1 amide bonds. The van der Waals surface area contributed by atoms with Crippen molar-refractivity contribution in [3.8, 4) is 0 Å². The van der Waals surface area contributed by atoms with Gasteiger partial charge in [-0.2, -0.15) is 11.8 Å². The third kappa shape index (κ3) is 3.29. The zero-order valence-corrected chi connectivity index (χ0v) is 10.7. The third-order valence-electron chi connectivity index (χ3n) is 2.90. The van der Waals surface area contributed by atoms with E-state index in [9.17, 15) is 9.59 Å². The van der Waals surface area contributed by atoms with Crippen molar-refractivity contribution in [2.75, 3.05) is 11.5 Å². The predicted octanol–water partition coefficient (Wildman–Crippen LogP) is 1.74. The smallest absolute Gasteiger partial charge is 0.371 e. The van der Waals surface area contributed by atoms with Crippen molar-refractivity contribution in [3.63, 3.8) is 0 Å². The van der Waals surface area contributed by atoms with Crippen LogP contribution in [0.25, 0.3) is 0 Å². The summed E-state index contributed by atoms with van der Waals surface area (Å²) in [7, 11) is 0. The minimum absolute atomic E-state index is 0.0311. The number of furan rings is 1. The molecule has 1 saturated heterocycles. The minimum Gasteiger partial charge on any atom is -0.475 e. The Morgan fingerprint density at radius 2 is 2.11 bits per heavy atom. The van der Waals surface area contributed by atoms with Gasteiger partial charge in [0.1, 0.15) is 5.76 Å². The Labute approximate surface area is 109 Å². The second-order valence-corrected chi connectivity index (χ2v) is 5.40. The van der Waals surface area contributed by atoms with Crippen LogP contribution in [0.3, 0.4) is 0 Å². The van der Waals surface area contributed by atoms with Crippen LogP contribution in [0, 0.1) is 5.92 Å². The molecular weight excluding hydrogens is 254 g/mol. The molecule has 0 atom stereocenters. The molecule has 2 heterocycles. The molecule has 0 saturated carbocycles. The van der Waals surface area contributed by atoms with Crippen LogP contribution in [0.4, 0.5) is 0 Å². The molecule has 0 unspecified atom stereocenters. The summed E-state index contributed by atoms with van der Waals surface area (Å²) < 4.78 is 5.06. The molecule has 1 fully saturated rings. The van der Waals surface area contributed by atoms with Crippen molar-refractivity contribution in [1.29, 1.82) is 0 Å². The summed E-state index contributed by atoms with van der Waals surface area (Å²) in [4.78, 5) is 22.5. The van der Waals surface area contributed by atoms with Crippen LogP contribution in [0.1, 0.15) is 29.2 Å². The Kier molecular flexibility index (Phi) is 4.30. The van der Waals surface area contributed by atoms with Crippen molar-refractivity contribution in [2.45, 2.75) is 19.4 Å². The molecule has 1 aliphatic heterocycles. The average molecular weight is 269 g/mol. The Balaban J connectivity index is 1.82. The van der Waals surface area contributed by atoms with Gasteiger partial charge in [-0.15, -0.1) is 0 Å². The van der Waals surface area contributed by atoms with E-state index >= 15 is 0 Å². The standard InChI is InChI=1S/C12H15NO4S/c14-11(8-3-5-18-6-4-8)13-7-9-1-2-10(17-9)12(15)16/h1-2,8H,3-7H2,(H,13,14)(H,15,16). The number of carboxylic acid groups (broad SMARTS) is 1. The van der Waals surface area contributed by atoms with Crippen LogP contribution in [0.15, 0.2) is 16.5 Å². The van der Waals surface area contributed by atoms with Gasteiger partial charge in [0.25, 0.3) is 0 Å². The molecule has 98 valence electrons. The first-order valence-corrected chi connectivity index (χ1v) is 7.00. The molecule has 18 heavy (non-hydrogen) atoms. The molecule has 1 aliphatic rings. The second kappa shape index (κ2) is 5.95. The lowest BCUT2D eigenvalue weighted by atomic mass is 10.0. The first-order valence-electron chi connectivity index (χ1n) is 5.84. The fourth-order valence-corrected chi connectivity index (χ4v) is 2.97. The monoisotopic (exact) mass is 269 g/mol. The van der Waals surface area contributed by atoms with E-state index in [0.717, 1.165) is 24.3 Å². The van der Waals surface area contributed by atoms with Crippen molar-refractivity contribution >= 4 is 23.6 Å². The maximum absolute atomic E-state index is 11.8. The number of nitrogens with one attached hydrogen (secondary N) is 1. The van der Waals surface area contributed by atoms with Gasteiger partial charge in [0.2, 0.25) is 11.7 Å². The van der Waals surface area contributed by atoms with Crippen LogP contribution in [-0.4, -0.2) is 28.5 Å². The Morgan fingerprint density at radius 3 is 2.72 bits per heavy atom. The van der Waals surface area contributed by atoms with E-state index in [4.69, 9.17) is 9.52 Å². The second-order valence-electron chi connectivity index (χ2n) is 4.18. The van der Waals surface area contributed by atoms with Crippen LogP contribution in [0.2, 0.25) is 0 Å². The number of thioether (sulfide) groups is 1. The van der Waals surface area contributed by atoms with Gasteiger partial charge >= 0.3 is 5.97 Å². The fourth-order valence-electron chi connectivity index (χ4n) is 1.87. The first-order chi connectivity index (χ1) is 8.66. The Bertz CT molecular complexity index is 437. The minimum atomic E-state index is -1.10. The quantitative estimate of drug-likeness (QED) is 0.870. The van der Waals surface area contributed by atoms with Crippen LogP contribution >= 0.6 is 11.8 Å². The third-order valence-corrected chi connectivity index (χ3v) is 3.95. The molecule has 0 spiro atoms. The number of amides is 1. The Hall–Kier alpha value is -1.43. The summed E-state index contributed by atoms with van der Waals surface area (Å²) in [5.41, 5.74) is 0. The summed E-state index contributed by atoms with van der Waals surface area (Å²) in [6.45, 7) is 0.246. The fraction of sp³-hybridized carbons (Fsp3) is 0.500. The molecule has 1 aromatic heterocycles. The molecule has 1 aromatic rings. The van der Waals surface area contributed by atoms with Gasteiger partial charge in [0, 0.05) is 5.92 Å². The number of aromatic carboxylic acids is 1. The van der Waals surface area contributed by atoms with E-state index in [1.54, 1.807) is 6.07 Å². The van der Waals surface area contributed by atoms with E-state index in [1.165, 1.54) is 6.07 Å². The number of carboxylic acids is 1. The predicted molar refractivity (Wildman–Crippen MR) is 67.6 cm³/mol. The van der Waals surface area contributed by atoms with E-state index in [0.29, 0.717) is 5.76 Å². The molecule has 0 bridgehead atoms. The van der Waals surface area contributed by atoms with Crippen molar-refractivity contribution in [1.82, 2.24) is 5.32 Å². The van der Waals surface area contributed by atoms with Gasteiger partial charge in [0.15, 0.2) is 0 Å². The number of hydrogen-bond donors (Lipinski definition) is 2. The summed E-state index contributed by atoms with van der Waals surface area (Å²) in [6, 6.07) is 2.96. The zero-order valence-electron chi connectivity index (χ0n) is 9.85. The number of carbonyl (C=O) groups excluding carboxylic acids is 1. The van der Waals surface area contributed by atoms with E-state index < -0.39 is 5.97 Å². The van der Waals surface area contributed by atoms with Gasteiger partial charge in [0.05, 0.1) is 6.54 Å². The molecule has 2 N–H and O–H groups in total. The summed E-state index contributed by atoms with van der Waals surface area (Å²) in [5, 5.41) is 11.5. The van der Waals surface area contributed by atoms with Crippen LogP contribution in [-0.2, 0) is 11.3 Å². The zero-order chi connectivity index (χ0) is 13.0. The average Bonchev–Trinajstić information content (AvgIpc) is 2.86.